The summed E-state index contributed by atoms with van der Waals surface area (Å²) in [7, 11) is 0. The van der Waals surface area contributed by atoms with E-state index in [1.807, 2.05) is 18.5 Å². The molecule has 3 nitrogen and oxygen atoms in total. The zero-order chi connectivity index (χ0) is 13.9. The molecule has 106 valence electrons. The van der Waals surface area contributed by atoms with Gasteiger partial charge in [0.15, 0.2) is 0 Å². The molecule has 2 atom stereocenters. The predicted octanol–water partition coefficient (Wildman–Crippen LogP) is 2.98. The number of likely N-dealkylation sites (tertiary alicyclic amines) is 1. The van der Waals surface area contributed by atoms with E-state index in [4.69, 9.17) is 5.73 Å². The van der Waals surface area contributed by atoms with Gasteiger partial charge < -0.3 is 5.73 Å². The summed E-state index contributed by atoms with van der Waals surface area (Å²) in [5.41, 5.74) is 8.00. The Morgan fingerprint density at radius 3 is 2.58 bits per heavy atom. The molecular formula is C16H27N3. The highest BCUT2D eigenvalue weighted by atomic mass is 15.2. The van der Waals surface area contributed by atoms with E-state index in [1.165, 1.54) is 24.8 Å². The molecule has 0 saturated carbocycles. The van der Waals surface area contributed by atoms with Crippen LogP contribution in [-0.4, -0.2) is 29.0 Å². The van der Waals surface area contributed by atoms with Crippen LogP contribution < -0.4 is 5.73 Å². The van der Waals surface area contributed by atoms with Gasteiger partial charge in [0, 0.05) is 18.4 Å². The summed E-state index contributed by atoms with van der Waals surface area (Å²) in [5.74, 6) is 0. The molecule has 2 unspecified atom stereocenters. The van der Waals surface area contributed by atoms with Crippen LogP contribution in [0.15, 0.2) is 24.5 Å². The standard InChI is InChI=1S/C16H27N3/c1-4-16(3)7-10-19(11-8-16)15(13(2)17)14-6-5-9-18-12-14/h5-6,9,12-13,15H,4,7-8,10-11,17H2,1-3H3. The van der Waals surface area contributed by atoms with Gasteiger partial charge in [-0.1, -0.05) is 26.3 Å². The SMILES string of the molecule is CCC1(C)CCN(C(c2cccnc2)C(C)N)CC1. The Hall–Kier alpha value is -0.930. The molecule has 2 N–H and O–H groups in total. The zero-order valence-corrected chi connectivity index (χ0v) is 12.5. The van der Waals surface area contributed by atoms with Crippen LogP contribution in [0.25, 0.3) is 0 Å². The van der Waals surface area contributed by atoms with Gasteiger partial charge >= 0.3 is 0 Å². The van der Waals surface area contributed by atoms with Crippen molar-refractivity contribution in [1.29, 1.82) is 0 Å². The Morgan fingerprint density at radius 2 is 2.11 bits per heavy atom. The van der Waals surface area contributed by atoms with Gasteiger partial charge in [0.05, 0.1) is 6.04 Å². The zero-order valence-electron chi connectivity index (χ0n) is 12.5. The van der Waals surface area contributed by atoms with Gasteiger partial charge in [-0.25, -0.2) is 0 Å². The first-order valence-corrected chi connectivity index (χ1v) is 7.45. The molecule has 0 bridgehead atoms. The average molecular weight is 261 g/mol. The minimum Gasteiger partial charge on any atom is -0.326 e. The normalized spacial score (nSPS) is 22.9. The second-order valence-electron chi connectivity index (χ2n) is 6.29. The van der Waals surface area contributed by atoms with Crippen LogP contribution in [0.5, 0.6) is 0 Å². The lowest BCUT2D eigenvalue weighted by molar-refractivity contribution is 0.0720. The van der Waals surface area contributed by atoms with Gasteiger partial charge in [-0.3, -0.25) is 9.88 Å². The quantitative estimate of drug-likeness (QED) is 0.906. The summed E-state index contributed by atoms with van der Waals surface area (Å²) in [6, 6.07) is 4.59. The fourth-order valence-corrected chi connectivity index (χ4v) is 3.09. The highest BCUT2D eigenvalue weighted by Crippen LogP contribution is 2.37. The Kier molecular flexibility index (Phi) is 4.58. The third-order valence-electron chi connectivity index (χ3n) is 4.78. The predicted molar refractivity (Wildman–Crippen MR) is 79.8 cm³/mol. The van der Waals surface area contributed by atoms with Gasteiger partial charge in [-0.2, -0.15) is 0 Å². The van der Waals surface area contributed by atoms with Gasteiger partial charge in [0.1, 0.15) is 0 Å². The Balaban J connectivity index is 2.10. The summed E-state index contributed by atoms with van der Waals surface area (Å²) >= 11 is 0. The molecule has 3 heteroatoms. The van der Waals surface area contributed by atoms with E-state index in [9.17, 15) is 0 Å². The first-order valence-electron chi connectivity index (χ1n) is 7.45. The topological polar surface area (TPSA) is 42.2 Å². The lowest BCUT2D eigenvalue weighted by Crippen LogP contribution is -2.45. The molecule has 0 spiro atoms. The van der Waals surface area contributed by atoms with Crippen LogP contribution >= 0.6 is 0 Å². The molecule has 0 amide bonds. The van der Waals surface area contributed by atoms with E-state index in [0.717, 1.165) is 13.1 Å². The van der Waals surface area contributed by atoms with E-state index in [1.54, 1.807) is 0 Å². The molecule has 1 fully saturated rings. The molecule has 0 radical (unpaired) electrons. The van der Waals surface area contributed by atoms with Crippen LogP contribution in [0.4, 0.5) is 0 Å². The molecule has 1 aromatic heterocycles. The van der Waals surface area contributed by atoms with E-state index < -0.39 is 0 Å². The maximum atomic E-state index is 6.23. The first kappa shape index (κ1) is 14.5. The maximum Gasteiger partial charge on any atom is 0.0511 e. The van der Waals surface area contributed by atoms with Crippen molar-refractivity contribution in [2.45, 2.75) is 52.1 Å². The first-order chi connectivity index (χ1) is 9.06. The largest absolute Gasteiger partial charge is 0.326 e. The molecule has 1 aliphatic rings. The Morgan fingerprint density at radius 1 is 1.42 bits per heavy atom. The maximum absolute atomic E-state index is 6.23. The van der Waals surface area contributed by atoms with Crippen molar-refractivity contribution in [3.63, 3.8) is 0 Å². The monoisotopic (exact) mass is 261 g/mol. The third kappa shape index (κ3) is 3.34. The van der Waals surface area contributed by atoms with Gasteiger partial charge in [0.25, 0.3) is 0 Å². The number of pyridine rings is 1. The minimum absolute atomic E-state index is 0.134. The van der Waals surface area contributed by atoms with E-state index in [2.05, 4.69) is 36.7 Å². The highest BCUT2D eigenvalue weighted by Gasteiger charge is 2.33. The van der Waals surface area contributed by atoms with E-state index in [0.29, 0.717) is 11.5 Å². The number of nitrogens with zero attached hydrogens (tertiary/aromatic N) is 2. The van der Waals surface area contributed by atoms with Crippen LogP contribution in [0.3, 0.4) is 0 Å². The minimum atomic E-state index is 0.134. The highest BCUT2D eigenvalue weighted by molar-refractivity contribution is 5.16. The van der Waals surface area contributed by atoms with Crippen LogP contribution in [-0.2, 0) is 0 Å². The fraction of sp³-hybridized carbons (Fsp3) is 0.688. The lowest BCUT2D eigenvalue weighted by Gasteiger charge is -2.43. The van der Waals surface area contributed by atoms with E-state index in [-0.39, 0.29) is 6.04 Å². The summed E-state index contributed by atoms with van der Waals surface area (Å²) in [4.78, 5) is 6.79. The smallest absolute Gasteiger partial charge is 0.0511 e. The van der Waals surface area contributed by atoms with Crippen molar-refractivity contribution in [1.82, 2.24) is 9.88 Å². The number of hydrogen-bond donors (Lipinski definition) is 1. The van der Waals surface area contributed by atoms with Crippen molar-refractivity contribution < 1.29 is 0 Å². The molecule has 1 aromatic rings. The van der Waals surface area contributed by atoms with Crippen molar-refractivity contribution in [2.24, 2.45) is 11.1 Å². The average Bonchev–Trinajstić information content (AvgIpc) is 2.42. The van der Waals surface area contributed by atoms with Crippen molar-refractivity contribution in [3.05, 3.63) is 30.1 Å². The van der Waals surface area contributed by atoms with Gasteiger partial charge in [-0.15, -0.1) is 0 Å². The number of aromatic nitrogens is 1. The van der Waals surface area contributed by atoms with Gasteiger partial charge in [-0.05, 0) is 49.9 Å². The number of rotatable bonds is 4. The third-order valence-corrected chi connectivity index (χ3v) is 4.78. The van der Waals surface area contributed by atoms with Crippen LogP contribution in [0, 0.1) is 5.41 Å². The lowest BCUT2D eigenvalue weighted by atomic mass is 9.77. The van der Waals surface area contributed by atoms with Crippen LogP contribution in [0.2, 0.25) is 0 Å². The van der Waals surface area contributed by atoms with Crippen LogP contribution in [0.1, 0.15) is 51.6 Å². The molecule has 0 aliphatic carbocycles. The second-order valence-corrected chi connectivity index (χ2v) is 6.29. The molecule has 2 heterocycles. The number of piperidine rings is 1. The van der Waals surface area contributed by atoms with Crippen molar-refractivity contribution >= 4 is 0 Å². The summed E-state index contributed by atoms with van der Waals surface area (Å²) in [6.45, 7) is 9.11. The number of hydrogen-bond acceptors (Lipinski definition) is 3. The molecule has 1 saturated heterocycles. The summed E-state index contributed by atoms with van der Waals surface area (Å²) < 4.78 is 0. The molecule has 1 aliphatic heterocycles. The summed E-state index contributed by atoms with van der Waals surface area (Å²) in [6.07, 6.45) is 7.60. The van der Waals surface area contributed by atoms with E-state index >= 15 is 0 Å². The Labute approximate surface area is 117 Å². The molecule has 19 heavy (non-hydrogen) atoms. The van der Waals surface area contributed by atoms with Gasteiger partial charge in [0.2, 0.25) is 0 Å². The van der Waals surface area contributed by atoms with Crippen molar-refractivity contribution in [3.8, 4) is 0 Å². The fourth-order valence-electron chi connectivity index (χ4n) is 3.09. The summed E-state index contributed by atoms with van der Waals surface area (Å²) in [5, 5.41) is 0. The molecule has 0 aromatic carbocycles. The second kappa shape index (κ2) is 6.02. The molecular weight excluding hydrogens is 234 g/mol. The Bertz CT molecular complexity index is 380. The molecule has 2 rings (SSSR count). The number of nitrogens with two attached hydrogens (primary N) is 1. The van der Waals surface area contributed by atoms with Crippen molar-refractivity contribution in [2.75, 3.05) is 13.1 Å².